The first-order chi connectivity index (χ1) is 9.36. The molecule has 0 saturated heterocycles. The van der Waals surface area contributed by atoms with Gasteiger partial charge in [0, 0.05) is 11.6 Å². The lowest BCUT2D eigenvalue weighted by Gasteiger charge is -2.25. The fourth-order valence-electron chi connectivity index (χ4n) is 2.60. The summed E-state index contributed by atoms with van der Waals surface area (Å²) in [6.45, 7) is 3.54. The highest BCUT2D eigenvalue weighted by Crippen LogP contribution is 2.38. The summed E-state index contributed by atoms with van der Waals surface area (Å²) in [6.07, 6.45) is 6.31. The molecule has 106 valence electrons. The first kappa shape index (κ1) is 14.2. The van der Waals surface area contributed by atoms with Crippen LogP contribution in [0.4, 0.5) is 0 Å². The van der Waals surface area contributed by atoms with Crippen LogP contribution < -0.4 is 14.8 Å². The van der Waals surface area contributed by atoms with Gasteiger partial charge >= 0.3 is 0 Å². The summed E-state index contributed by atoms with van der Waals surface area (Å²) in [4.78, 5) is 0. The molecule has 1 aliphatic heterocycles. The highest BCUT2D eigenvalue weighted by molar-refractivity contribution is 5.48. The van der Waals surface area contributed by atoms with Crippen molar-refractivity contribution in [3.8, 4) is 11.5 Å². The predicted molar refractivity (Wildman–Crippen MR) is 78.0 cm³/mol. The Morgan fingerprint density at radius 1 is 1.16 bits per heavy atom. The van der Waals surface area contributed by atoms with Crippen molar-refractivity contribution in [3.05, 3.63) is 23.8 Å². The Labute approximate surface area is 116 Å². The molecule has 0 radical (unpaired) electrons. The van der Waals surface area contributed by atoms with Gasteiger partial charge < -0.3 is 14.8 Å². The number of ether oxygens (including phenoxy) is 2. The Kier molecular flexibility index (Phi) is 5.52. The van der Waals surface area contributed by atoms with Crippen LogP contribution in [0, 0.1) is 0 Å². The second kappa shape index (κ2) is 7.39. The molecule has 0 aliphatic carbocycles. The monoisotopic (exact) mass is 263 g/mol. The van der Waals surface area contributed by atoms with Crippen LogP contribution >= 0.6 is 0 Å². The fourth-order valence-corrected chi connectivity index (χ4v) is 2.60. The summed E-state index contributed by atoms with van der Waals surface area (Å²) in [5.41, 5.74) is 1.23. The van der Waals surface area contributed by atoms with Crippen LogP contribution in [0.15, 0.2) is 18.2 Å². The normalized spacial score (nSPS) is 15.3. The molecule has 1 unspecified atom stereocenters. The third-order valence-electron chi connectivity index (χ3n) is 3.67. The van der Waals surface area contributed by atoms with Crippen LogP contribution in [0.5, 0.6) is 11.5 Å². The topological polar surface area (TPSA) is 30.5 Å². The van der Waals surface area contributed by atoms with Gasteiger partial charge in [0.1, 0.15) is 13.2 Å². The summed E-state index contributed by atoms with van der Waals surface area (Å²) in [5.74, 6) is 1.82. The lowest BCUT2D eigenvalue weighted by Crippen LogP contribution is -2.21. The maximum atomic E-state index is 5.80. The van der Waals surface area contributed by atoms with E-state index in [4.69, 9.17) is 9.47 Å². The van der Waals surface area contributed by atoms with Crippen molar-refractivity contribution >= 4 is 0 Å². The molecule has 1 aliphatic rings. The van der Waals surface area contributed by atoms with E-state index in [0.717, 1.165) is 17.9 Å². The molecule has 0 amide bonds. The summed E-state index contributed by atoms with van der Waals surface area (Å²) < 4.78 is 11.4. The average Bonchev–Trinajstić information content (AvgIpc) is 2.47. The zero-order valence-electron chi connectivity index (χ0n) is 12.1. The Morgan fingerprint density at radius 3 is 2.79 bits per heavy atom. The number of unbranched alkanes of at least 4 members (excludes halogenated alkanes) is 3. The third kappa shape index (κ3) is 3.63. The van der Waals surface area contributed by atoms with Crippen LogP contribution in [0.25, 0.3) is 0 Å². The van der Waals surface area contributed by atoms with Crippen molar-refractivity contribution in [1.82, 2.24) is 5.32 Å². The van der Waals surface area contributed by atoms with Crippen molar-refractivity contribution in [2.75, 3.05) is 20.3 Å². The van der Waals surface area contributed by atoms with Gasteiger partial charge in [0.25, 0.3) is 0 Å². The standard InChI is InChI=1S/C16H25NO2/c1-3-4-5-6-9-14(17-2)13-8-7-10-15-16(13)19-12-11-18-15/h7-8,10,14,17H,3-6,9,11-12H2,1-2H3. The summed E-state index contributed by atoms with van der Waals surface area (Å²) in [7, 11) is 2.02. The second-order valence-electron chi connectivity index (χ2n) is 5.06. The minimum absolute atomic E-state index is 0.355. The van der Waals surface area contributed by atoms with Crippen molar-refractivity contribution in [2.45, 2.75) is 45.1 Å². The van der Waals surface area contributed by atoms with E-state index in [1.54, 1.807) is 0 Å². The van der Waals surface area contributed by atoms with Crippen LogP contribution in [0.2, 0.25) is 0 Å². The molecule has 0 bridgehead atoms. The first-order valence-electron chi connectivity index (χ1n) is 7.42. The van der Waals surface area contributed by atoms with Gasteiger partial charge in [-0.3, -0.25) is 0 Å². The summed E-state index contributed by atoms with van der Waals surface area (Å²) in [6, 6.07) is 6.55. The molecular weight excluding hydrogens is 238 g/mol. The van der Waals surface area contributed by atoms with Gasteiger partial charge in [-0.25, -0.2) is 0 Å². The third-order valence-corrected chi connectivity index (χ3v) is 3.67. The Morgan fingerprint density at radius 2 is 2.00 bits per heavy atom. The van der Waals surface area contributed by atoms with Gasteiger partial charge in [0.15, 0.2) is 11.5 Å². The van der Waals surface area contributed by atoms with E-state index < -0.39 is 0 Å². The number of rotatable bonds is 7. The molecular formula is C16H25NO2. The molecule has 19 heavy (non-hydrogen) atoms. The highest BCUT2D eigenvalue weighted by atomic mass is 16.6. The maximum Gasteiger partial charge on any atom is 0.166 e. The lowest BCUT2D eigenvalue weighted by molar-refractivity contribution is 0.168. The fraction of sp³-hybridized carbons (Fsp3) is 0.625. The number of nitrogens with one attached hydrogen (secondary N) is 1. The molecule has 0 spiro atoms. The number of fused-ring (bicyclic) bond motifs is 1. The molecule has 0 fully saturated rings. The first-order valence-corrected chi connectivity index (χ1v) is 7.42. The van der Waals surface area contributed by atoms with Gasteiger partial charge in [0.05, 0.1) is 0 Å². The quantitative estimate of drug-likeness (QED) is 0.761. The molecule has 1 atom stereocenters. The average molecular weight is 263 g/mol. The van der Waals surface area contributed by atoms with E-state index in [0.29, 0.717) is 19.3 Å². The summed E-state index contributed by atoms with van der Waals surface area (Å²) in [5, 5.41) is 3.41. The van der Waals surface area contributed by atoms with Crippen molar-refractivity contribution in [2.24, 2.45) is 0 Å². The smallest absolute Gasteiger partial charge is 0.166 e. The summed E-state index contributed by atoms with van der Waals surface area (Å²) >= 11 is 0. The minimum Gasteiger partial charge on any atom is -0.486 e. The number of hydrogen-bond donors (Lipinski definition) is 1. The van der Waals surface area contributed by atoms with E-state index in [-0.39, 0.29) is 0 Å². The van der Waals surface area contributed by atoms with Crippen LogP contribution in [0.3, 0.4) is 0 Å². The van der Waals surface area contributed by atoms with Gasteiger partial charge in [0.2, 0.25) is 0 Å². The number of benzene rings is 1. The van der Waals surface area contributed by atoms with Crippen molar-refractivity contribution < 1.29 is 9.47 Å². The Balaban J connectivity index is 2.05. The van der Waals surface area contributed by atoms with E-state index in [2.05, 4.69) is 24.4 Å². The second-order valence-corrected chi connectivity index (χ2v) is 5.06. The Hall–Kier alpha value is -1.22. The Bertz CT molecular complexity index is 392. The SMILES string of the molecule is CCCCCCC(NC)c1cccc2c1OCCO2. The molecule has 1 aromatic rings. The molecule has 3 heteroatoms. The minimum atomic E-state index is 0.355. The number of para-hydroxylation sites is 1. The predicted octanol–water partition coefficient (Wildman–Crippen LogP) is 3.69. The zero-order chi connectivity index (χ0) is 13.5. The van der Waals surface area contributed by atoms with Gasteiger partial charge in [-0.1, -0.05) is 44.7 Å². The number of hydrogen-bond acceptors (Lipinski definition) is 3. The van der Waals surface area contributed by atoms with Gasteiger partial charge in [-0.05, 0) is 19.5 Å². The van der Waals surface area contributed by atoms with Crippen molar-refractivity contribution in [1.29, 1.82) is 0 Å². The molecule has 1 heterocycles. The maximum absolute atomic E-state index is 5.80. The van der Waals surface area contributed by atoms with E-state index in [1.807, 2.05) is 13.1 Å². The molecule has 2 rings (SSSR count). The van der Waals surface area contributed by atoms with E-state index in [1.165, 1.54) is 31.2 Å². The van der Waals surface area contributed by atoms with E-state index >= 15 is 0 Å². The molecule has 0 saturated carbocycles. The molecule has 0 aromatic heterocycles. The zero-order valence-corrected chi connectivity index (χ0v) is 12.1. The molecule has 3 nitrogen and oxygen atoms in total. The molecule has 1 N–H and O–H groups in total. The molecule has 1 aromatic carbocycles. The van der Waals surface area contributed by atoms with Crippen LogP contribution in [0.1, 0.15) is 50.6 Å². The van der Waals surface area contributed by atoms with Crippen LogP contribution in [-0.4, -0.2) is 20.3 Å². The van der Waals surface area contributed by atoms with Crippen molar-refractivity contribution in [3.63, 3.8) is 0 Å². The van der Waals surface area contributed by atoms with Crippen LogP contribution in [-0.2, 0) is 0 Å². The van der Waals surface area contributed by atoms with Gasteiger partial charge in [-0.15, -0.1) is 0 Å². The van der Waals surface area contributed by atoms with E-state index in [9.17, 15) is 0 Å². The highest BCUT2D eigenvalue weighted by Gasteiger charge is 2.20. The van der Waals surface area contributed by atoms with Gasteiger partial charge in [-0.2, -0.15) is 0 Å². The largest absolute Gasteiger partial charge is 0.486 e. The lowest BCUT2D eigenvalue weighted by atomic mass is 9.98.